The van der Waals surface area contributed by atoms with Crippen LogP contribution in [-0.2, 0) is 4.79 Å². The zero-order valence-electron chi connectivity index (χ0n) is 9.89. The molecule has 0 radical (unpaired) electrons. The van der Waals surface area contributed by atoms with Crippen LogP contribution in [-0.4, -0.2) is 29.7 Å². The lowest BCUT2D eigenvalue weighted by molar-refractivity contribution is -0.121. The Kier molecular flexibility index (Phi) is 2.63. The second-order valence-corrected chi connectivity index (χ2v) is 4.51. The average Bonchev–Trinajstić information content (AvgIpc) is 2.82. The highest BCUT2D eigenvalue weighted by atomic mass is 16.3. The standard InChI is InChI=1S/C14H13NO3/c16-10-4-3-7-15(8-10)14(17)12-9-18-13-6-2-1-5-11(12)13/h1-2,5-6,9H,3-4,7-8H2. The summed E-state index contributed by atoms with van der Waals surface area (Å²) in [5.74, 6) is 0.00963. The fraction of sp³-hybridized carbons (Fsp3) is 0.286. The molecule has 4 nitrogen and oxygen atoms in total. The second kappa shape index (κ2) is 4.29. The first-order chi connectivity index (χ1) is 8.75. The molecule has 0 atom stereocenters. The van der Waals surface area contributed by atoms with Gasteiger partial charge < -0.3 is 9.32 Å². The number of rotatable bonds is 1. The molecule has 18 heavy (non-hydrogen) atoms. The van der Waals surface area contributed by atoms with Crippen LogP contribution in [0.1, 0.15) is 23.2 Å². The van der Waals surface area contributed by atoms with E-state index in [4.69, 9.17) is 4.42 Å². The van der Waals surface area contributed by atoms with Crippen LogP contribution in [0.2, 0.25) is 0 Å². The molecule has 0 aliphatic carbocycles. The van der Waals surface area contributed by atoms with E-state index in [0.717, 1.165) is 11.8 Å². The van der Waals surface area contributed by atoms with Crippen molar-refractivity contribution in [2.75, 3.05) is 13.1 Å². The molecule has 0 N–H and O–H groups in total. The number of hydrogen-bond acceptors (Lipinski definition) is 3. The second-order valence-electron chi connectivity index (χ2n) is 4.51. The summed E-state index contributed by atoms with van der Waals surface area (Å²) in [5, 5.41) is 0.806. The largest absolute Gasteiger partial charge is 0.463 e. The summed E-state index contributed by atoms with van der Waals surface area (Å²) in [6, 6.07) is 7.42. The Morgan fingerprint density at radius 2 is 2.11 bits per heavy atom. The highest BCUT2D eigenvalue weighted by Gasteiger charge is 2.24. The molecule has 0 saturated carbocycles. The van der Waals surface area contributed by atoms with Crippen molar-refractivity contribution >= 4 is 22.7 Å². The van der Waals surface area contributed by atoms with Gasteiger partial charge in [-0.25, -0.2) is 0 Å². The number of furan rings is 1. The van der Waals surface area contributed by atoms with Crippen LogP contribution in [0.25, 0.3) is 11.0 Å². The zero-order chi connectivity index (χ0) is 12.5. The lowest BCUT2D eigenvalue weighted by Gasteiger charge is -2.25. The number of piperidine rings is 1. The highest BCUT2D eigenvalue weighted by molar-refractivity contribution is 6.07. The molecule has 4 heteroatoms. The van der Waals surface area contributed by atoms with Crippen molar-refractivity contribution in [3.05, 3.63) is 36.1 Å². The molecular weight excluding hydrogens is 230 g/mol. The van der Waals surface area contributed by atoms with E-state index in [1.54, 1.807) is 4.90 Å². The molecule has 2 aromatic rings. The van der Waals surface area contributed by atoms with Crippen molar-refractivity contribution < 1.29 is 14.0 Å². The number of fused-ring (bicyclic) bond motifs is 1. The third-order valence-electron chi connectivity index (χ3n) is 3.25. The van der Waals surface area contributed by atoms with Gasteiger partial charge in [-0.3, -0.25) is 9.59 Å². The Morgan fingerprint density at radius 1 is 1.28 bits per heavy atom. The monoisotopic (exact) mass is 243 g/mol. The molecular formula is C14H13NO3. The van der Waals surface area contributed by atoms with Crippen molar-refractivity contribution in [3.63, 3.8) is 0 Å². The smallest absolute Gasteiger partial charge is 0.258 e. The predicted octanol–water partition coefficient (Wildman–Crippen LogP) is 2.24. The van der Waals surface area contributed by atoms with E-state index in [0.29, 0.717) is 24.1 Å². The van der Waals surface area contributed by atoms with Crippen molar-refractivity contribution in [2.24, 2.45) is 0 Å². The zero-order valence-corrected chi connectivity index (χ0v) is 9.89. The normalized spacial score (nSPS) is 16.2. The van der Waals surface area contributed by atoms with Crippen molar-refractivity contribution in [2.45, 2.75) is 12.8 Å². The fourth-order valence-electron chi connectivity index (χ4n) is 2.33. The molecule has 2 heterocycles. The Hall–Kier alpha value is -2.10. The van der Waals surface area contributed by atoms with Gasteiger partial charge in [0.25, 0.3) is 5.91 Å². The summed E-state index contributed by atoms with van der Waals surface area (Å²) in [6.07, 6.45) is 2.81. The maximum absolute atomic E-state index is 12.3. The maximum Gasteiger partial charge on any atom is 0.258 e. The summed E-state index contributed by atoms with van der Waals surface area (Å²) in [6.45, 7) is 0.864. The minimum absolute atomic E-state index is 0.118. The van der Waals surface area contributed by atoms with E-state index >= 15 is 0 Å². The van der Waals surface area contributed by atoms with Crippen molar-refractivity contribution in [1.29, 1.82) is 0 Å². The number of hydrogen-bond donors (Lipinski definition) is 0. The summed E-state index contributed by atoms with van der Waals surface area (Å²) in [4.78, 5) is 25.3. The van der Waals surface area contributed by atoms with E-state index in [2.05, 4.69) is 0 Å². The number of para-hydroxylation sites is 1. The average molecular weight is 243 g/mol. The number of nitrogens with zero attached hydrogens (tertiary/aromatic N) is 1. The van der Waals surface area contributed by atoms with E-state index in [1.165, 1.54) is 6.26 Å². The fourth-order valence-corrected chi connectivity index (χ4v) is 2.33. The van der Waals surface area contributed by atoms with E-state index in [1.807, 2.05) is 24.3 Å². The molecule has 1 aliphatic heterocycles. The van der Waals surface area contributed by atoms with Gasteiger partial charge in [-0.05, 0) is 12.5 Å². The van der Waals surface area contributed by atoms with E-state index in [-0.39, 0.29) is 18.2 Å². The van der Waals surface area contributed by atoms with Crippen LogP contribution in [0.5, 0.6) is 0 Å². The topological polar surface area (TPSA) is 50.5 Å². The Morgan fingerprint density at radius 3 is 2.94 bits per heavy atom. The number of carbonyl (C=O) groups excluding carboxylic acids is 2. The lowest BCUT2D eigenvalue weighted by atomic mass is 10.1. The molecule has 3 rings (SSSR count). The number of Topliss-reactive ketones (excluding diaryl/α,β-unsaturated/α-hetero) is 1. The Labute approximate surface area is 104 Å². The SMILES string of the molecule is O=C1CCCN(C(=O)c2coc3ccccc23)C1. The van der Waals surface area contributed by atoms with E-state index in [9.17, 15) is 9.59 Å². The third kappa shape index (κ3) is 1.79. The van der Waals surface area contributed by atoms with Gasteiger partial charge in [0.2, 0.25) is 0 Å². The number of amides is 1. The number of carbonyl (C=O) groups is 2. The van der Waals surface area contributed by atoms with Crippen LogP contribution in [0.3, 0.4) is 0 Å². The van der Waals surface area contributed by atoms with Crippen LogP contribution in [0.4, 0.5) is 0 Å². The van der Waals surface area contributed by atoms with Crippen LogP contribution < -0.4 is 0 Å². The van der Waals surface area contributed by atoms with Crippen LogP contribution in [0.15, 0.2) is 34.9 Å². The molecule has 0 unspecified atom stereocenters. The molecule has 1 aromatic carbocycles. The minimum atomic E-state index is -0.118. The minimum Gasteiger partial charge on any atom is -0.463 e. The molecule has 1 amide bonds. The van der Waals surface area contributed by atoms with Gasteiger partial charge in [-0.2, -0.15) is 0 Å². The Bertz CT molecular complexity index is 614. The van der Waals surface area contributed by atoms with Crippen LogP contribution >= 0.6 is 0 Å². The molecule has 0 bridgehead atoms. The van der Waals surface area contributed by atoms with Gasteiger partial charge in [0.15, 0.2) is 5.78 Å². The molecule has 1 aliphatic rings. The van der Waals surface area contributed by atoms with Crippen LogP contribution in [0, 0.1) is 0 Å². The van der Waals surface area contributed by atoms with Gasteiger partial charge in [-0.1, -0.05) is 18.2 Å². The van der Waals surface area contributed by atoms with Crippen molar-refractivity contribution in [1.82, 2.24) is 4.90 Å². The van der Waals surface area contributed by atoms with Gasteiger partial charge >= 0.3 is 0 Å². The van der Waals surface area contributed by atoms with Crippen molar-refractivity contribution in [3.8, 4) is 0 Å². The number of likely N-dealkylation sites (tertiary alicyclic amines) is 1. The van der Waals surface area contributed by atoms with Gasteiger partial charge in [0.05, 0.1) is 12.1 Å². The molecule has 1 fully saturated rings. The molecule has 92 valence electrons. The quantitative estimate of drug-likeness (QED) is 0.771. The van der Waals surface area contributed by atoms with Gasteiger partial charge in [-0.15, -0.1) is 0 Å². The maximum atomic E-state index is 12.3. The first kappa shape index (κ1) is 11.0. The third-order valence-corrected chi connectivity index (χ3v) is 3.25. The van der Waals surface area contributed by atoms with Gasteiger partial charge in [0, 0.05) is 18.4 Å². The van der Waals surface area contributed by atoms with E-state index < -0.39 is 0 Å². The number of ketones is 1. The Balaban J connectivity index is 1.94. The summed E-state index contributed by atoms with van der Waals surface area (Å²) < 4.78 is 5.36. The highest BCUT2D eigenvalue weighted by Crippen LogP contribution is 2.23. The number of benzene rings is 1. The summed E-state index contributed by atoms with van der Waals surface area (Å²) in [7, 11) is 0. The summed E-state index contributed by atoms with van der Waals surface area (Å²) >= 11 is 0. The molecule has 1 saturated heterocycles. The molecule has 1 aromatic heterocycles. The first-order valence-electron chi connectivity index (χ1n) is 6.03. The lowest BCUT2D eigenvalue weighted by Crippen LogP contribution is -2.40. The molecule has 0 spiro atoms. The summed E-state index contributed by atoms with van der Waals surface area (Å²) in [5.41, 5.74) is 1.24. The predicted molar refractivity (Wildman–Crippen MR) is 66.4 cm³/mol. The van der Waals surface area contributed by atoms with Gasteiger partial charge in [0.1, 0.15) is 11.8 Å². The first-order valence-corrected chi connectivity index (χ1v) is 6.03.